The molecular formula is C13H16N2O5. The van der Waals surface area contributed by atoms with Crippen LogP contribution in [0.2, 0.25) is 0 Å². The number of carbonyl (C=O) groups excluding carboxylic acids is 1. The molecule has 7 nitrogen and oxygen atoms in total. The number of nitrogens with zero attached hydrogens (tertiary/aromatic N) is 1. The number of rotatable bonds is 6. The molecule has 0 fully saturated rings. The van der Waals surface area contributed by atoms with E-state index in [4.69, 9.17) is 5.11 Å². The van der Waals surface area contributed by atoms with E-state index in [2.05, 4.69) is 5.32 Å². The number of nitrogens with one attached hydrogen (secondary N) is 1. The summed E-state index contributed by atoms with van der Waals surface area (Å²) < 4.78 is 0. The number of amides is 1. The molecule has 0 saturated heterocycles. The molecule has 1 rings (SSSR count). The third-order valence-corrected chi connectivity index (χ3v) is 2.90. The molecule has 1 amide bonds. The van der Waals surface area contributed by atoms with Crippen molar-refractivity contribution in [1.82, 2.24) is 5.32 Å². The minimum atomic E-state index is -0.989. The fraction of sp³-hybridized carbons (Fsp3) is 0.385. The number of aliphatic carboxylic acids is 1. The lowest BCUT2D eigenvalue weighted by atomic mass is 10.1. The first-order valence-corrected chi connectivity index (χ1v) is 6.12. The van der Waals surface area contributed by atoms with Gasteiger partial charge in [-0.25, -0.2) is 0 Å². The predicted octanol–water partition coefficient (Wildman–Crippen LogP) is 1.89. The molecule has 0 spiro atoms. The smallest absolute Gasteiger partial charge is 0.305 e. The SMILES string of the molecule is CCC(CC(=O)O)NC(=O)c1ccc([N+](=O)[O-])c(C)c1. The first-order chi connectivity index (χ1) is 9.35. The van der Waals surface area contributed by atoms with Crippen molar-refractivity contribution in [3.8, 4) is 0 Å². The monoisotopic (exact) mass is 280 g/mol. The third-order valence-electron chi connectivity index (χ3n) is 2.90. The first-order valence-electron chi connectivity index (χ1n) is 6.12. The molecule has 1 aromatic rings. The molecule has 0 radical (unpaired) electrons. The maximum Gasteiger partial charge on any atom is 0.305 e. The molecule has 0 saturated carbocycles. The van der Waals surface area contributed by atoms with Gasteiger partial charge in [0.15, 0.2) is 0 Å². The van der Waals surface area contributed by atoms with Gasteiger partial charge in [0.1, 0.15) is 0 Å². The van der Waals surface area contributed by atoms with E-state index >= 15 is 0 Å². The average molecular weight is 280 g/mol. The fourth-order valence-corrected chi connectivity index (χ4v) is 1.78. The molecule has 0 bridgehead atoms. The summed E-state index contributed by atoms with van der Waals surface area (Å²) in [4.78, 5) is 32.8. The lowest BCUT2D eigenvalue weighted by Crippen LogP contribution is -2.36. The van der Waals surface area contributed by atoms with Crippen LogP contribution in [0.15, 0.2) is 18.2 Å². The summed E-state index contributed by atoms with van der Waals surface area (Å²) in [5, 5.41) is 22.0. The second kappa shape index (κ2) is 6.65. The van der Waals surface area contributed by atoms with Gasteiger partial charge in [-0.15, -0.1) is 0 Å². The van der Waals surface area contributed by atoms with Crippen LogP contribution in [0.4, 0.5) is 5.69 Å². The van der Waals surface area contributed by atoms with E-state index in [9.17, 15) is 19.7 Å². The Balaban J connectivity index is 2.84. The van der Waals surface area contributed by atoms with Crippen LogP contribution >= 0.6 is 0 Å². The van der Waals surface area contributed by atoms with E-state index in [-0.39, 0.29) is 17.7 Å². The Bertz CT molecular complexity index is 542. The van der Waals surface area contributed by atoms with Crippen LogP contribution < -0.4 is 5.32 Å². The van der Waals surface area contributed by atoms with Crippen LogP contribution in [0.5, 0.6) is 0 Å². The van der Waals surface area contributed by atoms with Crippen molar-refractivity contribution < 1.29 is 19.6 Å². The van der Waals surface area contributed by atoms with E-state index in [1.54, 1.807) is 13.8 Å². The van der Waals surface area contributed by atoms with Crippen LogP contribution in [0.3, 0.4) is 0 Å². The zero-order valence-electron chi connectivity index (χ0n) is 11.3. The van der Waals surface area contributed by atoms with Crippen molar-refractivity contribution in [2.45, 2.75) is 32.7 Å². The maximum atomic E-state index is 12.0. The van der Waals surface area contributed by atoms with Crippen LogP contribution in [-0.4, -0.2) is 27.9 Å². The summed E-state index contributed by atoms with van der Waals surface area (Å²) in [5.41, 5.74) is 0.602. The summed E-state index contributed by atoms with van der Waals surface area (Å²) >= 11 is 0. The van der Waals surface area contributed by atoms with E-state index < -0.39 is 22.8 Å². The van der Waals surface area contributed by atoms with Crippen molar-refractivity contribution in [1.29, 1.82) is 0 Å². The molecule has 7 heteroatoms. The van der Waals surface area contributed by atoms with Crippen LogP contribution in [0.25, 0.3) is 0 Å². The standard InChI is InChI=1S/C13H16N2O5/c1-3-10(7-12(16)17)14-13(18)9-4-5-11(15(19)20)8(2)6-9/h4-6,10H,3,7H2,1-2H3,(H,14,18)(H,16,17). The van der Waals surface area contributed by atoms with Gasteiger partial charge < -0.3 is 10.4 Å². The number of aryl methyl sites for hydroxylation is 1. The summed E-state index contributed by atoms with van der Waals surface area (Å²) in [7, 11) is 0. The minimum Gasteiger partial charge on any atom is -0.481 e. The Kier molecular flexibility index (Phi) is 5.19. The quantitative estimate of drug-likeness (QED) is 0.610. The third kappa shape index (κ3) is 4.04. The van der Waals surface area contributed by atoms with Crippen molar-refractivity contribution in [3.63, 3.8) is 0 Å². The predicted molar refractivity (Wildman–Crippen MR) is 71.6 cm³/mol. The minimum absolute atomic E-state index is 0.0564. The van der Waals surface area contributed by atoms with Crippen LogP contribution in [0, 0.1) is 17.0 Å². The number of carboxylic acid groups (broad SMARTS) is 1. The van der Waals surface area contributed by atoms with Crippen molar-refractivity contribution in [2.24, 2.45) is 0 Å². The molecule has 1 atom stereocenters. The lowest BCUT2D eigenvalue weighted by Gasteiger charge is -2.14. The van der Waals surface area contributed by atoms with Gasteiger partial charge in [0.2, 0.25) is 0 Å². The number of hydrogen-bond donors (Lipinski definition) is 2. The van der Waals surface area contributed by atoms with Crippen LogP contribution in [-0.2, 0) is 4.79 Å². The van der Waals surface area contributed by atoms with Gasteiger partial charge in [-0.2, -0.15) is 0 Å². The Morgan fingerprint density at radius 2 is 2.10 bits per heavy atom. The zero-order chi connectivity index (χ0) is 15.3. The number of hydrogen-bond acceptors (Lipinski definition) is 4. The van der Waals surface area contributed by atoms with Gasteiger partial charge in [-0.3, -0.25) is 19.7 Å². The number of carbonyl (C=O) groups is 2. The highest BCUT2D eigenvalue weighted by Crippen LogP contribution is 2.18. The summed E-state index contributed by atoms with van der Waals surface area (Å²) in [6.07, 6.45) is 0.332. The Hall–Kier alpha value is -2.44. The van der Waals surface area contributed by atoms with Crippen molar-refractivity contribution in [2.75, 3.05) is 0 Å². The van der Waals surface area contributed by atoms with Crippen molar-refractivity contribution in [3.05, 3.63) is 39.4 Å². The molecule has 1 unspecified atom stereocenters. The topological polar surface area (TPSA) is 110 Å². The summed E-state index contributed by atoms with van der Waals surface area (Å²) in [6, 6.07) is 3.58. The Morgan fingerprint density at radius 3 is 2.55 bits per heavy atom. The zero-order valence-corrected chi connectivity index (χ0v) is 11.3. The number of carboxylic acids is 1. The summed E-state index contributed by atoms with van der Waals surface area (Å²) in [6.45, 7) is 3.32. The number of nitro groups is 1. The first kappa shape index (κ1) is 15.6. The molecule has 20 heavy (non-hydrogen) atoms. The Morgan fingerprint density at radius 1 is 1.45 bits per heavy atom. The maximum absolute atomic E-state index is 12.0. The molecule has 108 valence electrons. The van der Waals surface area contributed by atoms with E-state index in [0.29, 0.717) is 12.0 Å². The van der Waals surface area contributed by atoms with Gasteiger partial charge >= 0.3 is 5.97 Å². The average Bonchev–Trinajstić information content (AvgIpc) is 2.36. The van der Waals surface area contributed by atoms with Crippen LogP contribution in [0.1, 0.15) is 35.7 Å². The van der Waals surface area contributed by atoms with E-state index in [0.717, 1.165) is 0 Å². The Labute approximate surface area is 115 Å². The highest BCUT2D eigenvalue weighted by Gasteiger charge is 2.17. The summed E-state index contributed by atoms with van der Waals surface area (Å²) in [5.74, 6) is -1.42. The molecule has 0 aromatic heterocycles. The number of nitro benzene ring substituents is 1. The largest absolute Gasteiger partial charge is 0.481 e. The van der Waals surface area contributed by atoms with Gasteiger partial charge in [0.05, 0.1) is 11.3 Å². The number of benzene rings is 1. The highest BCUT2D eigenvalue weighted by atomic mass is 16.6. The van der Waals surface area contributed by atoms with Crippen molar-refractivity contribution >= 4 is 17.6 Å². The van der Waals surface area contributed by atoms with E-state index in [1.165, 1.54) is 18.2 Å². The van der Waals surface area contributed by atoms with Gasteiger partial charge in [-0.05, 0) is 25.5 Å². The molecule has 0 heterocycles. The molecule has 0 aliphatic carbocycles. The van der Waals surface area contributed by atoms with Gasteiger partial charge in [0, 0.05) is 23.2 Å². The highest BCUT2D eigenvalue weighted by molar-refractivity contribution is 5.95. The second-order valence-electron chi connectivity index (χ2n) is 4.43. The lowest BCUT2D eigenvalue weighted by molar-refractivity contribution is -0.385. The molecule has 2 N–H and O–H groups in total. The van der Waals surface area contributed by atoms with Gasteiger partial charge in [0.25, 0.3) is 11.6 Å². The molecular weight excluding hydrogens is 264 g/mol. The van der Waals surface area contributed by atoms with E-state index in [1.807, 2.05) is 0 Å². The fourth-order valence-electron chi connectivity index (χ4n) is 1.78. The van der Waals surface area contributed by atoms with Gasteiger partial charge in [-0.1, -0.05) is 6.92 Å². The second-order valence-corrected chi connectivity index (χ2v) is 4.43. The molecule has 1 aromatic carbocycles. The normalized spacial score (nSPS) is 11.7. The molecule has 0 aliphatic rings. The molecule has 0 aliphatic heterocycles.